The van der Waals surface area contributed by atoms with Crippen molar-refractivity contribution in [2.75, 3.05) is 18.1 Å². The van der Waals surface area contributed by atoms with Gasteiger partial charge in [0.1, 0.15) is 23.0 Å². The summed E-state index contributed by atoms with van der Waals surface area (Å²) in [7, 11) is 0. The van der Waals surface area contributed by atoms with Crippen LogP contribution in [0.3, 0.4) is 0 Å². The summed E-state index contributed by atoms with van der Waals surface area (Å²) < 4.78 is 15.0. The number of anilines is 2. The Morgan fingerprint density at radius 1 is 0.683 bits per heavy atom. The Balaban J connectivity index is 1.02. The van der Waals surface area contributed by atoms with Gasteiger partial charge in [0.15, 0.2) is 0 Å². The van der Waals surface area contributed by atoms with Crippen molar-refractivity contribution in [1.82, 2.24) is 4.57 Å². The average molecular weight is 831 g/mol. The van der Waals surface area contributed by atoms with Crippen molar-refractivity contribution in [3.63, 3.8) is 0 Å². The predicted octanol–water partition coefficient (Wildman–Crippen LogP) is 14.4. The first-order valence-electron chi connectivity index (χ1n) is 21.6. The van der Waals surface area contributed by atoms with Gasteiger partial charge in [0, 0.05) is 51.5 Å². The number of nitrogens with zero attached hydrogens (tertiary/aromatic N) is 2. The van der Waals surface area contributed by atoms with E-state index in [0.717, 1.165) is 67.7 Å². The van der Waals surface area contributed by atoms with Gasteiger partial charge in [-0.15, -0.1) is 0 Å². The third-order valence-corrected chi connectivity index (χ3v) is 11.5. The fraction of sp³-hybridized carbons (Fsp3) is 0.158. The van der Waals surface area contributed by atoms with Crippen LogP contribution in [0.4, 0.5) is 11.4 Å². The molecule has 0 aliphatic carbocycles. The third-order valence-electron chi connectivity index (χ3n) is 11.5. The molecule has 0 bridgehead atoms. The molecule has 0 fully saturated rings. The van der Waals surface area contributed by atoms with Gasteiger partial charge in [-0.3, -0.25) is 0 Å². The van der Waals surface area contributed by atoms with Crippen molar-refractivity contribution >= 4 is 28.4 Å². The average Bonchev–Trinajstić information content (AvgIpc) is 3.68. The van der Waals surface area contributed by atoms with E-state index in [9.17, 15) is 10.2 Å². The Bertz CT molecular complexity index is 2960. The number of rotatable bonds is 12. The van der Waals surface area contributed by atoms with Crippen molar-refractivity contribution in [2.24, 2.45) is 0 Å². The van der Waals surface area contributed by atoms with Gasteiger partial charge >= 0.3 is 0 Å². The van der Waals surface area contributed by atoms with Crippen LogP contribution in [0.1, 0.15) is 48.1 Å². The minimum atomic E-state index is 0.148. The van der Waals surface area contributed by atoms with Crippen LogP contribution >= 0.6 is 0 Å². The molecule has 316 valence electrons. The molecule has 0 spiro atoms. The molecule has 63 heavy (non-hydrogen) atoms. The molecule has 0 atom stereocenters. The number of ether oxygens (including phenoxy) is 2. The maximum atomic E-state index is 12.1. The molecule has 2 N–H and O–H groups in total. The summed E-state index contributed by atoms with van der Waals surface area (Å²) in [5.41, 5.74) is 13.6. The summed E-state index contributed by atoms with van der Waals surface area (Å²) in [6.07, 6.45) is 17.9. The van der Waals surface area contributed by atoms with Crippen LogP contribution in [0.15, 0.2) is 176 Å². The van der Waals surface area contributed by atoms with E-state index in [0.29, 0.717) is 53.6 Å². The normalized spacial score (nSPS) is 14.0. The van der Waals surface area contributed by atoms with Gasteiger partial charge in [0.2, 0.25) is 0 Å². The first kappa shape index (κ1) is 42.3. The number of hydrogen-bond acceptors (Lipinski definition) is 5. The quantitative estimate of drug-likeness (QED) is 0.0948. The van der Waals surface area contributed by atoms with Crippen molar-refractivity contribution < 1.29 is 19.7 Å². The molecule has 1 aromatic heterocycles. The Hall–Kier alpha value is -7.44. The van der Waals surface area contributed by atoms with Crippen LogP contribution in [0.2, 0.25) is 0 Å². The van der Waals surface area contributed by atoms with Crippen LogP contribution in [0.5, 0.6) is 23.0 Å². The molecule has 0 saturated heterocycles. The number of benzene rings is 6. The molecule has 1 aliphatic heterocycles. The minimum Gasteiger partial charge on any atom is -0.505 e. The van der Waals surface area contributed by atoms with Gasteiger partial charge < -0.3 is 29.2 Å². The molecule has 0 radical (unpaired) electrons. The monoisotopic (exact) mass is 830 g/mol. The number of phenolic OH excluding ortho intramolecular Hbond substituents is 2. The smallest absolute Gasteiger partial charge is 0.147 e. The molecule has 6 aromatic carbocycles. The van der Waals surface area contributed by atoms with Crippen LogP contribution in [0.25, 0.3) is 44.9 Å². The van der Waals surface area contributed by atoms with E-state index in [4.69, 9.17) is 9.47 Å². The molecule has 2 heterocycles. The van der Waals surface area contributed by atoms with Gasteiger partial charge in [0.05, 0.1) is 35.8 Å². The Labute approximate surface area is 371 Å². The fourth-order valence-electron chi connectivity index (χ4n) is 8.20. The summed E-state index contributed by atoms with van der Waals surface area (Å²) in [5.74, 6) is 1.67. The van der Waals surface area contributed by atoms with E-state index >= 15 is 0 Å². The maximum Gasteiger partial charge on any atom is 0.147 e. The summed E-state index contributed by atoms with van der Waals surface area (Å²) >= 11 is 0. The molecule has 0 amide bonds. The fourth-order valence-corrected chi connectivity index (χ4v) is 8.20. The Kier molecular flexibility index (Phi) is 12.5. The van der Waals surface area contributed by atoms with Crippen molar-refractivity contribution in [1.29, 1.82) is 0 Å². The molecule has 8 rings (SSSR count). The lowest BCUT2D eigenvalue weighted by atomic mass is 9.98. The topological polar surface area (TPSA) is 67.1 Å². The molecule has 6 nitrogen and oxygen atoms in total. The van der Waals surface area contributed by atoms with Crippen molar-refractivity contribution in [3.8, 4) is 50.9 Å². The lowest BCUT2D eigenvalue weighted by molar-refractivity contribution is 0.248. The molecule has 6 heteroatoms. The second-order valence-electron chi connectivity index (χ2n) is 16.2. The summed E-state index contributed by atoms with van der Waals surface area (Å²) in [5, 5.41) is 25.2. The second-order valence-corrected chi connectivity index (χ2v) is 16.2. The molecule has 0 unspecified atom stereocenters. The lowest BCUT2D eigenvalue weighted by Gasteiger charge is -2.29. The molecule has 7 aromatic rings. The first-order chi connectivity index (χ1) is 30.6. The number of aromatic hydroxyl groups is 2. The van der Waals surface area contributed by atoms with Gasteiger partial charge in [-0.05, 0) is 118 Å². The number of aryl methyl sites for hydroxylation is 3. The number of hydrogen-bond donors (Lipinski definition) is 2. The highest BCUT2D eigenvalue weighted by atomic mass is 16.5. The lowest BCUT2D eigenvalue weighted by Crippen LogP contribution is -2.17. The van der Waals surface area contributed by atoms with E-state index in [1.54, 1.807) is 0 Å². The SMILES string of the molecule is C=C1/C=C\C=C/Cc2ccc(C)cc2N1c1cc(C)cc(-c2ccccc2OCCCOc2ccccc2-c2cc(C)cc(-n3cc(/C=C\C(C)=C/C)c4ccccc43)c2O)c1O. The molecule has 0 saturated carbocycles. The second kappa shape index (κ2) is 18.7. The van der Waals surface area contributed by atoms with Crippen LogP contribution in [-0.4, -0.2) is 28.0 Å². The highest BCUT2D eigenvalue weighted by Gasteiger charge is 2.24. The number of aromatic nitrogens is 1. The standard InChI is InChI=1S/C57H54N2O4/c1-7-38(2)26-29-44-37-58(50-23-14-11-20-45(44)50)52-35-40(4)32-48(56(52)60)46-21-12-15-24-54(46)62-30-17-31-63-55-25-16-13-22-47(55)49-33-41(5)36-53(57(49)61)59-42(6)18-9-8-10-19-43-28-27-39(3)34-51(43)59/h7-16,18,20-29,32-37,60-61H,6,17,19,30-31H2,1-5H3/b10-8-,18-9-,29-26-,38-7-. The third kappa shape index (κ3) is 8.98. The van der Waals surface area contributed by atoms with Crippen LogP contribution in [-0.2, 0) is 6.42 Å². The summed E-state index contributed by atoms with van der Waals surface area (Å²) in [6, 6.07) is 38.4. The highest BCUT2D eigenvalue weighted by Crippen LogP contribution is 2.47. The van der Waals surface area contributed by atoms with Gasteiger partial charge in [-0.1, -0.05) is 115 Å². The number of allylic oxidation sites excluding steroid dienone is 7. The zero-order valence-corrected chi connectivity index (χ0v) is 36.7. The highest BCUT2D eigenvalue weighted by molar-refractivity contribution is 5.92. The summed E-state index contributed by atoms with van der Waals surface area (Å²) in [6.45, 7) is 15.5. The van der Waals surface area contributed by atoms with E-state index in [2.05, 4.69) is 90.7 Å². The molecule has 1 aliphatic rings. The molecular weight excluding hydrogens is 777 g/mol. The van der Waals surface area contributed by atoms with E-state index in [1.165, 1.54) is 5.57 Å². The largest absolute Gasteiger partial charge is 0.505 e. The Morgan fingerprint density at radius 3 is 1.97 bits per heavy atom. The van der Waals surface area contributed by atoms with Crippen molar-refractivity contribution in [3.05, 3.63) is 204 Å². The van der Waals surface area contributed by atoms with Crippen LogP contribution in [0, 0.1) is 20.8 Å². The number of fused-ring (bicyclic) bond motifs is 2. The van der Waals surface area contributed by atoms with E-state index in [1.807, 2.05) is 124 Å². The maximum absolute atomic E-state index is 12.1. The number of phenols is 2. The van der Waals surface area contributed by atoms with E-state index < -0.39 is 0 Å². The van der Waals surface area contributed by atoms with Crippen LogP contribution < -0.4 is 14.4 Å². The van der Waals surface area contributed by atoms with Gasteiger partial charge in [0.25, 0.3) is 0 Å². The summed E-state index contributed by atoms with van der Waals surface area (Å²) in [4.78, 5) is 2.05. The van der Waals surface area contributed by atoms with Gasteiger partial charge in [-0.25, -0.2) is 0 Å². The first-order valence-corrected chi connectivity index (χ1v) is 21.6. The zero-order chi connectivity index (χ0) is 44.0. The van der Waals surface area contributed by atoms with E-state index in [-0.39, 0.29) is 11.5 Å². The van der Waals surface area contributed by atoms with Gasteiger partial charge in [-0.2, -0.15) is 0 Å². The zero-order valence-electron chi connectivity index (χ0n) is 36.7. The number of para-hydroxylation sites is 3. The molecular formula is C57H54N2O4. The predicted molar refractivity (Wildman–Crippen MR) is 262 cm³/mol. The van der Waals surface area contributed by atoms with Crippen molar-refractivity contribution in [2.45, 2.75) is 47.5 Å². The minimum absolute atomic E-state index is 0.148. The Morgan fingerprint density at radius 2 is 1.29 bits per heavy atom.